The normalized spacial score (nSPS) is 26.7. The maximum Gasteiger partial charge on any atom is 0.307 e. The summed E-state index contributed by atoms with van der Waals surface area (Å²) in [4.78, 5) is 24.5. The van der Waals surface area contributed by atoms with E-state index in [4.69, 9.17) is 9.47 Å². The monoisotopic (exact) mass is 329 g/mol. The molecule has 0 aliphatic carbocycles. The van der Waals surface area contributed by atoms with Gasteiger partial charge in [0, 0.05) is 26.4 Å². The standard InChI is InChI=1S/C19H23NO4/c1-11-5-6-15(12(2)9-11)16-17(24-14(4)21)19(20-18(16)22)7-8-23-13(3)10-19/h5-6,9,13H,7-8,10H2,1-4H3,(H,20,22). The minimum Gasteiger partial charge on any atom is -0.428 e. The van der Waals surface area contributed by atoms with Gasteiger partial charge in [0.05, 0.1) is 11.7 Å². The summed E-state index contributed by atoms with van der Waals surface area (Å²) in [5, 5.41) is 3.08. The zero-order valence-corrected chi connectivity index (χ0v) is 14.6. The summed E-state index contributed by atoms with van der Waals surface area (Å²) in [5.74, 6) is -0.156. The Hall–Kier alpha value is -2.14. The summed E-state index contributed by atoms with van der Waals surface area (Å²) < 4.78 is 11.2. The topological polar surface area (TPSA) is 64.6 Å². The predicted molar refractivity (Wildman–Crippen MR) is 90.1 cm³/mol. The molecule has 0 aromatic heterocycles. The van der Waals surface area contributed by atoms with Gasteiger partial charge in [0.2, 0.25) is 0 Å². The number of ether oxygens (including phenoxy) is 2. The van der Waals surface area contributed by atoms with Gasteiger partial charge >= 0.3 is 5.97 Å². The molecule has 5 heteroatoms. The Morgan fingerprint density at radius 3 is 2.75 bits per heavy atom. The second kappa shape index (κ2) is 6.06. The van der Waals surface area contributed by atoms with Crippen LogP contribution in [-0.4, -0.2) is 30.1 Å². The highest BCUT2D eigenvalue weighted by Gasteiger charge is 2.50. The zero-order chi connectivity index (χ0) is 17.5. The van der Waals surface area contributed by atoms with Crippen molar-refractivity contribution in [1.29, 1.82) is 0 Å². The summed E-state index contributed by atoms with van der Waals surface area (Å²) in [5.41, 5.74) is 2.73. The van der Waals surface area contributed by atoms with Crippen LogP contribution in [0.3, 0.4) is 0 Å². The molecule has 0 saturated carbocycles. The maximum absolute atomic E-state index is 12.8. The number of carbonyl (C=O) groups excluding carboxylic acids is 2. The number of aryl methyl sites for hydroxylation is 2. The maximum atomic E-state index is 12.8. The number of amides is 1. The van der Waals surface area contributed by atoms with Crippen LogP contribution in [0, 0.1) is 13.8 Å². The highest BCUT2D eigenvalue weighted by Crippen LogP contribution is 2.42. The molecule has 128 valence electrons. The summed E-state index contributed by atoms with van der Waals surface area (Å²) in [7, 11) is 0. The molecule has 1 N–H and O–H groups in total. The van der Waals surface area contributed by atoms with E-state index in [1.807, 2.05) is 39.0 Å². The predicted octanol–water partition coefficient (Wildman–Crippen LogP) is 2.65. The van der Waals surface area contributed by atoms with E-state index in [-0.39, 0.29) is 12.0 Å². The molecule has 0 bridgehead atoms. The highest BCUT2D eigenvalue weighted by molar-refractivity contribution is 6.23. The lowest BCUT2D eigenvalue weighted by Gasteiger charge is -2.37. The van der Waals surface area contributed by atoms with Crippen LogP contribution in [0.5, 0.6) is 0 Å². The van der Waals surface area contributed by atoms with Gasteiger partial charge < -0.3 is 14.8 Å². The number of hydrogen-bond acceptors (Lipinski definition) is 4. The average Bonchev–Trinajstić information content (AvgIpc) is 2.71. The molecule has 1 aromatic rings. The molecule has 1 amide bonds. The van der Waals surface area contributed by atoms with Crippen molar-refractivity contribution in [3.8, 4) is 0 Å². The molecule has 0 radical (unpaired) electrons. The first-order valence-electron chi connectivity index (χ1n) is 8.27. The van der Waals surface area contributed by atoms with Gasteiger partial charge in [0.25, 0.3) is 5.91 Å². The van der Waals surface area contributed by atoms with Crippen molar-refractivity contribution in [3.05, 3.63) is 40.6 Å². The number of nitrogens with one attached hydrogen (secondary N) is 1. The molecular formula is C19H23NO4. The van der Waals surface area contributed by atoms with Gasteiger partial charge in [-0.2, -0.15) is 0 Å². The van der Waals surface area contributed by atoms with Crippen LogP contribution in [0.4, 0.5) is 0 Å². The van der Waals surface area contributed by atoms with Crippen LogP contribution >= 0.6 is 0 Å². The lowest BCUT2D eigenvalue weighted by atomic mass is 9.84. The molecule has 1 aromatic carbocycles. The molecule has 24 heavy (non-hydrogen) atoms. The van der Waals surface area contributed by atoms with Crippen molar-refractivity contribution >= 4 is 17.4 Å². The van der Waals surface area contributed by atoms with Gasteiger partial charge in [-0.05, 0) is 31.9 Å². The quantitative estimate of drug-likeness (QED) is 0.847. The number of carbonyl (C=O) groups is 2. The number of esters is 1. The largest absolute Gasteiger partial charge is 0.428 e. The van der Waals surface area contributed by atoms with Crippen LogP contribution in [0.15, 0.2) is 24.0 Å². The van der Waals surface area contributed by atoms with Crippen LogP contribution in [0.1, 0.15) is 43.4 Å². The Balaban J connectivity index is 2.17. The second-order valence-corrected chi connectivity index (χ2v) is 6.79. The molecule has 2 unspecified atom stereocenters. The molecule has 3 rings (SSSR count). The molecule has 2 aliphatic rings. The fraction of sp³-hybridized carbons (Fsp3) is 0.474. The van der Waals surface area contributed by atoms with Gasteiger partial charge in [-0.15, -0.1) is 0 Å². The lowest BCUT2D eigenvalue weighted by molar-refractivity contribution is -0.139. The SMILES string of the molecule is CC(=O)OC1=C(c2ccc(C)cc2C)C(=O)NC12CCOC(C)C2. The van der Waals surface area contributed by atoms with E-state index < -0.39 is 11.5 Å². The molecule has 2 aliphatic heterocycles. The smallest absolute Gasteiger partial charge is 0.307 e. The Morgan fingerprint density at radius 2 is 2.12 bits per heavy atom. The summed E-state index contributed by atoms with van der Waals surface area (Å²) in [6.45, 7) is 7.83. The summed E-state index contributed by atoms with van der Waals surface area (Å²) >= 11 is 0. The van der Waals surface area contributed by atoms with E-state index in [9.17, 15) is 9.59 Å². The van der Waals surface area contributed by atoms with Crippen LogP contribution < -0.4 is 5.32 Å². The van der Waals surface area contributed by atoms with Crippen molar-refractivity contribution in [2.45, 2.75) is 52.2 Å². The molecule has 5 nitrogen and oxygen atoms in total. The summed E-state index contributed by atoms with van der Waals surface area (Å²) in [6.07, 6.45) is 1.18. The summed E-state index contributed by atoms with van der Waals surface area (Å²) in [6, 6.07) is 5.91. The fourth-order valence-corrected chi connectivity index (χ4v) is 3.72. The van der Waals surface area contributed by atoms with Gasteiger partial charge in [0.1, 0.15) is 11.3 Å². The van der Waals surface area contributed by atoms with Crippen molar-refractivity contribution in [1.82, 2.24) is 5.32 Å². The van der Waals surface area contributed by atoms with Gasteiger partial charge in [-0.1, -0.05) is 23.8 Å². The van der Waals surface area contributed by atoms with Crippen molar-refractivity contribution in [2.24, 2.45) is 0 Å². The highest BCUT2D eigenvalue weighted by atomic mass is 16.5. The first-order valence-corrected chi connectivity index (χ1v) is 8.27. The van der Waals surface area contributed by atoms with Gasteiger partial charge in [-0.25, -0.2) is 0 Å². The third-order valence-electron chi connectivity index (χ3n) is 4.71. The lowest BCUT2D eigenvalue weighted by Crippen LogP contribution is -2.51. The molecule has 1 spiro atoms. The Morgan fingerprint density at radius 1 is 1.38 bits per heavy atom. The first kappa shape index (κ1) is 16.7. The van der Waals surface area contributed by atoms with Crippen molar-refractivity contribution < 1.29 is 19.1 Å². The third-order valence-corrected chi connectivity index (χ3v) is 4.71. The van der Waals surface area contributed by atoms with E-state index in [1.54, 1.807) is 0 Å². The Kier molecular flexibility index (Phi) is 4.22. The van der Waals surface area contributed by atoms with E-state index in [2.05, 4.69) is 5.32 Å². The van der Waals surface area contributed by atoms with Crippen LogP contribution in [0.2, 0.25) is 0 Å². The number of hydrogen-bond donors (Lipinski definition) is 1. The average molecular weight is 329 g/mol. The Bertz CT molecular complexity index is 737. The molecule has 2 heterocycles. The number of benzene rings is 1. The van der Waals surface area contributed by atoms with E-state index in [1.165, 1.54) is 6.92 Å². The van der Waals surface area contributed by atoms with Gasteiger partial charge in [-0.3, -0.25) is 9.59 Å². The van der Waals surface area contributed by atoms with E-state index in [0.29, 0.717) is 30.8 Å². The molecule has 1 fully saturated rings. The second-order valence-electron chi connectivity index (χ2n) is 6.79. The minimum atomic E-state index is -0.660. The molecular weight excluding hydrogens is 306 g/mol. The minimum absolute atomic E-state index is 0.0110. The van der Waals surface area contributed by atoms with E-state index >= 15 is 0 Å². The van der Waals surface area contributed by atoms with Gasteiger partial charge in [0.15, 0.2) is 0 Å². The van der Waals surface area contributed by atoms with Crippen molar-refractivity contribution in [3.63, 3.8) is 0 Å². The van der Waals surface area contributed by atoms with Crippen LogP contribution in [-0.2, 0) is 19.1 Å². The van der Waals surface area contributed by atoms with Crippen LogP contribution in [0.25, 0.3) is 5.57 Å². The van der Waals surface area contributed by atoms with E-state index in [0.717, 1.165) is 16.7 Å². The third kappa shape index (κ3) is 2.84. The Labute approximate surface area is 142 Å². The number of rotatable bonds is 2. The first-order chi connectivity index (χ1) is 11.3. The zero-order valence-electron chi connectivity index (χ0n) is 14.6. The molecule has 1 saturated heterocycles. The molecule has 2 atom stereocenters. The van der Waals surface area contributed by atoms with Crippen molar-refractivity contribution in [2.75, 3.05) is 6.61 Å². The fourth-order valence-electron chi connectivity index (χ4n) is 3.72.